The summed E-state index contributed by atoms with van der Waals surface area (Å²) in [6.07, 6.45) is 2.89. The van der Waals surface area contributed by atoms with E-state index >= 15 is 0 Å². The van der Waals surface area contributed by atoms with Crippen LogP contribution in [0.25, 0.3) is 0 Å². The topological polar surface area (TPSA) is 87.7 Å². The maximum Gasteiger partial charge on any atom is 0.408 e. The molecule has 1 aromatic rings. The van der Waals surface area contributed by atoms with Crippen molar-refractivity contribution in [3.63, 3.8) is 0 Å². The summed E-state index contributed by atoms with van der Waals surface area (Å²) in [6, 6.07) is 6.15. The third kappa shape index (κ3) is 10.1. The van der Waals surface area contributed by atoms with Gasteiger partial charge >= 0.3 is 6.09 Å². The highest BCUT2D eigenvalue weighted by Gasteiger charge is 2.35. The zero-order valence-corrected chi connectivity index (χ0v) is 22.6. The molecule has 7 nitrogen and oxygen atoms in total. The number of nitrogens with one attached hydrogen (secondary N) is 2. The molecule has 0 aliphatic rings. The monoisotopic (exact) mass is 475 g/mol. The van der Waals surface area contributed by atoms with Crippen LogP contribution in [0.4, 0.5) is 4.79 Å². The van der Waals surface area contributed by atoms with Gasteiger partial charge in [-0.05, 0) is 72.4 Å². The second-order valence-corrected chi connectivity index (χ2v) is 10.8. The number of carbonyl (C=O) groups excluding carboxylic acids is 3. The quantitative estimate of drug-likeness (QED) is 0.459. The molecule has 192 valence electrons. The molecule has 0 aliphatic heterocycles. The number of alkyl carbamates (subject to hydrolysis) is 1. The maximum atomic E-state index is 13.6. The standard InChI is InChI=1S/C27H45N3O4/c1-10-12-13-18-30(24(32)19(3)28-25(33)34-27(7,8)9)22(23(31)29-26(4,5)6)21-16-14-20(11-2)15-17-21/h14-17,19,22H,10-13,18H2,1-9H3,(H,28,33)(H,29,31). The number of aryl methyl sites for hydroxylation is 1. The van der Waals surface area contributed by atoms with E-state index in [1.54, 1.807) is 32.6 Å². The Bertz CT molecular complexity index is 807. The van der Waals surface area contributed by atoms with Crippen LogP contribution in [0.1, 0.15) is 98.7 Å². The molecule has 1 aromatic carbocycles. The van der Waals surface area contributed by atoms with Crippen molar-refractivity contribution in [3.8, 4) is 0 Å². The summed E-state index contributed by atoms with van der Waals surface area (Å²) in [7, 11) is 0. The molecule has 0 radical (unpaired) electrons. The van der Waals surface area contributed by atoms with Gasteiger partial charge in [0.1, 0.15) is 17.7 Å². The van der Waals surface area contributed by atoms with Gasteiger partial charge in [0.2, 0.25) is 11.8 Å². The lowest BCUT2D eigenvalue weighted by atomic mass is 9.98. The zero-order chi connectivity index (χ0) is 26.1. The Morgan fingerprint density at radius 2 is 1.56 bits per heavy atom. The number of unbranched alkanes of at least 4 members (excludes halogenated alkanes) is 2. The van der Waals surface area contributed by atoms with Crippen LogP contribution in [-0.4, -0.2) is 46.5 Å². The number of carbonyl (C=O) groups is 3. The number of ether oxygens (including phenoxy) is 1. The molecule has 0 aromatic heterocycles. The van der Waals surface area contributed by atoms with Gasteiger partial charge in [-0.25, -0.2) is 4.79 Å². The van der Waals surface area contributed by atoms with E-state index in [2.05, 4.69) is 24.5 Å². The minimum Gasteiger partial charge on any atom is -0.444 e. The van der Waals surface area contributed by atoms with Crippen LogP contribution in [-0.2, 0) is 20.7 Å². The van der Waals surface area contributed by atoms with Gasteiger partial charge in [-0.3, -0.25) is 9.59 Å². The third-order valence-electron chi connectivity index (χ3n) is 5.15. The Morgan fingerprint density at radius 1 is 0.971 bits per heavy atom. The zero-order valence-electron chi connectivity index (χ0n) is 22.6. The van der Waals surface area contributed by atoms with Crippen molar-refractivity contribution in [1.82, 2.24) is 15.5 Å². The molecule has 0 saturated carbocycles. The van der Waals surface area contributed by atoms with Gasteiger partial charge in [-0.2, -0.15) is 0 Å². The van der Waals surface area contributed by atoms with Crippen molar-refractivity contribution in [3.05, 3.63) is 35.4 Å². The first-order valence-electron chi connectivity index (χ1n) is 12.4. The van der Waals surface area contributed by atoms with Crippen molar-refractivity contribution in [2.45, 2.75) is 111 Å². The van der Waals surface area contributed by atoms with E-state index < -0.39 is 29.3 Å². The summed E-state index contributed by atoms with van der Waals surface area (Å²) < 4.78 is 5.32. The van der Waals surface area contributed by atoms with Crippen LogP contribution in [0.5, 0.6) is 0 Å². The highest BCUT2D eigenvalue weighted by Crippen LogP contribution is 2.25. The number of nitrogens with zero attached hydrogens (tertiary/aromatic N) is 1. The molecule has 2 unspecified atom stereocenters. The second-order valence-electron chi connectivity index (χ2n) is 10.8. The Labute approximate surface area is 206 Å². The lowest BCUT2D eigenvalue weighted by Gasteiger charge is -2.35. The molecular weight excluding hydrogens is 430 g/mol. The third-order valence-corrected chi connectivity index (χ3v) is 5.15. The summed E-state index contributed by atoms with van der Waals surface area (Å²) in [6.45, 7) is 17.2. The number of hydrogen-bond acceptors (Lipinski definition) is 4. The average molecular weight is 476 g/mol. The Hall–Kier alpha value is -2.57. The van der Waals surface area contributed by atoms with E-state index in [0.29, 0.717) is 6.54 Å². The normalized spacial score (nSPS) is 13.6. The van der Waals surface area contributed by atoms with Crippen molar-refractivity contribution >= 4 is 17.9 Å². The molecule has 0 fully saturated rings. The first kappa shape index (κ1) is 29.5. The van der Waals surface area contributed by atoms with Crippen molar-refractivity contribution < 1.29 is 19.1 Å². The van der Waals surface area contributed by atoms with E-state index in [1.165, 1.54) is 0 Å². The van der Waals surface area contributed by atoms with Crippen LogP contribution >= 0.6 is 0 Å². The minimum atomic E-state index is -0.851. The molecule has 3 amide bonds. The summed E-state index contributed by atoms with van der Waals surface area (Å²) in [5.74, 6) is -0.568. The van der Waals surface area contributed by atoms with Crippen LogP contribution in [0.15, 0.2) is 24.3 Å². The van der Waals surface area contributed by atoms with E-state index in [1.807, 2.05) is 45.0 Å². The highest BCUT2D eigenvalue weighted by molar-refractivity contribution is 5.92. The van der Waals surface area contributed by atoms with E-state index in [9.17, 15) is 14.4 Å². The largest absolute Gasteiger partial charge is 0.444 e. The number of benzene rings is 1. The maximum absolute atomic E-state index is 13.6. The van der Waals surface area contributed by atoms with Gasteiger partial charge in [0.15, 0.2) is 0 Å². The smallest absolute Gasteiger partial charge is 0.408 e. The number of rotatable bonds is 10. The Kier molecular flexibility index (Phi) is 11.1. The molecule has 0 spiro atoms. The molecule has 2 N–H and O–H groups in total. The Balaban J connectivity index is 3.34. The SMILES string of the molecule is CCCCCN(C(=O)C(C)NC(=O)OC(C)(C)C)C(C(=O)NC(C)(C)C)c1ccc(CC)cc1. The lowest BCUT2D eigenvalue weighted by Crippen LogP contribution is -2.54. The fourth-order valence-electron chi connectivity index (χ4n) is 3.54. The lowest BCUT2D eigenvalue weighted by molar-refractivity contribution is -0.142. The predicted molar refractivity (Wildman–Crippen MR) is 137 cm³/mol. The predicted octanol–water partition coefficient (Wildman–Crippen LogP) is 5.14. The van der Waals surface area contributed by atoms with E-state index in [0.717, 1.165) is 36.8 Å². The first-order chi connectivity index (χ1) is 15.7. The molecule has 0 aliphatic carbocycles. The van der Waals surface area contributed by atoms with Gasteiger partial charge in [-0.1, -0.05) is 51.0 Å². The minimum absolute atomic E-state index is 0.244. The van der Waals surface area contributed by atoms with E-state index in [-0.39, 0.29) is 11.8 Å². The molecule has 34 heavy (non-hydrogen) atoms. The second kappa shape index (κ2) is 12.8. The van der Waals surface area contributed by atoms with Crippen molar-refractivity contribution in [1.29, 1.82) is 0 Å². The molecule has 7 heteroatoms. The number of amides is 3. The fourth-order valence-corrected chi connectivity index (χ4v) is 3.54. The molecule has 1 rings (SSSR count). The average Bonchev–Trinajstić information content (AvgIpc) is 2.70. The molecule has 2 atom stereocenters. The van der Waals surface area contributed by atoms with Crippen LogP contribution in [0, 0.1) is 0 Å². The van der Waals surface area contributed by atoms with E-state index in [4.69, 9.17) is 4.74 Å². The van der Waals surface area contributed by atoms with Gasteiger partial charge in [0.25, 0.3) is 0 Å². The fraction of sp³-hybridized carbons (Fsp3) is 0.667. The van der Waals surface area contributed by atoms with Gasteiger partial charge in [-0.15, -0.1) is 0 Å². The highest BCUT2D eigenvalue weighted by atomic mass is 16.6. The van der Waals surface area contributed by atoms with Crippen LogP contribution < -0.4 is 10.6 Å². The van der Waals surface area contributed by atoms with Crippen molar-refractivity contribution in [2.24, 2.45) is 0 Å². The van der Waals surface area contributed by atoms with Crippen LogP contribution in [0.3, 0.4) is 0 Å². The first-order valence-corrected chi connectivity index (χ1v) is 12.4. The van der Waals surface area contributed by atoms with Crippen molar-refractivity contribution in [2.75, 3.05) is 6.54 Å². The molecule has 0 bridgehead atoms. The van der Waals surface area contributed by atoms with Gasteiger partial charge < -0.3 is 20.3 Å². The summed E-state index contributed by atoms with van der Waals surface area (Å²) in [5, 5.41) is 5.67. The Morgan fingerprint density at radius 3 is 2.03 bits per heavy atom. The summed E-state index contributed by atoms with van der Waals surface area (Å²) >= 11 is 0. The van der Waals surface area contributed by atoms with Gasteiger partial charge in [0.05, 0.1) is 0 Å². The summed E-state index contributed by atoms with van der Waals surface area (Å²) in [4.78, 5) is 41.0. The molecule has 0 saturated heterocycles. The molecule has 0 heterocycles. The summed E-state index contributed by atoms with van der Waals surface area (Å²) in [5.41, 5.74) is 0.761. The van der Waals surface area contributed by atoms with Gasteiger partial charge in [0, 0.05) is 12.1 Å². The number of hydrogen-bond donors (Lipinski definition) is 2. The van der Waals surface area contributed by atoms with Crippen LogP contribution in [0.2, 0.25) is 0 Å². The molecular formula is C27H45N3O4.